The summed E-state index contributed by atoms with van der Waals surface area (Å²) in [5.41, 5.74) is 2.56. The summed E-state index contributed by atoms with van der Waals surface area (Å²) in [6.07, 6.45) is 3.46. The number of hydrogen-bond acceptors (Lipinski definition) is 5. The first-order valence-corrected chi connectivity index (χ1v) is 9.37. The number of hydrogen-bond donors (Lipinski definition) is 1. The van der Waals surface area contributed by atoms with Crippen LogP contribution >= 0.6 is 11.3 Å². The molecule has 126 valence electrons. The highest BCUT2D eigenvalue weighted by molar-refractivity contribution is 7.17. The van der Waals surface area contributed by atoms with Crippen LogP contribution in [-0.4, -0.2) is 37.7 Å². The Morgan fingerprint density at radius 1 is 1.21 bits per heavy atom. The number of likely N-dealkylation sites (tertiary alicyclic amines) is 1. The predicted molar refractivity (Wildman–Crippen MR) is 95.7 cm³/mol. The monoisotopic (exact) mass is 342 g/mol. The van der Waals surface area contributed by atoms with Gasteiger partial charge in [0.2, 0.25) is 10.8 Å². The molecule has 0 amide bonds. The number of aromatic nitrogens is 3. The summed E-state index contributed by atoms with van der Waals surface area (Å²) in [6, 6.07) is 8.85. The van der Waals surface area contributed by atoms with Crippen LogP contribution in [0.25, 0.3) is 4.96 Å². The Bertz CT molecular complexity index is 846. The highest BCUT2D eigenvalue weighted by atomic mass is 32.1. The minimum absolute atomic E-state index is 0.0761. The average Bonchev–Trinajstić information content (AvgIpc) is 3.29. The number of benzene rings is 1. The lowest BCUT2D eigenvalue weighted by Crippen LogP contribution is -2.26. The van der Waals surface area contributed by atoms with E-state index in [-0.39, 0.29) is 11.9 Å². The van der Waals surface area contributed by atoms with Crippen molar-refractivity contribution in [3.8, 4) is 5.88 Å². The average molecular weight is 342 g/mol. The van der Waals surface area contributed by atoms with Gasteiger partial charge in [-0.1, -0.05) is 42.5 Å². The van der Waals surface area contributed by atoms with E-state index in [2.05, 4.69) is 46.2 Å². The molecule has 0 bridgehead atoms. The molecule has 0 aliphatic carbocycles. The van der Waals surface area contributed by atoms with Crippen LogP contribution in [-0.2, 0) is 6.42 Å². The standard InChI is InChI=1S/C18H22N4OS/c1-3-13-6-8-14(9-7-13)15(21-10-4-5-11-21)16-17(23)22-18(24-16)19-12(2)20-22/h6-9,15,23H,3-5,10-11H2,1-2H3. The second-order valence-corrected chi connectivity index (χ2v) is 7.39. The zero-order chi connectivity index (χ0) is 16.7. The van der Waals surface area contributed by atoms with Crippen molar-refractivity contribution in [1.29, 1.82) is 0 Å². The zero-order valence-corrected chi connectivity index (χ0v) is 14.9. The fraction of sp³-hybridized carbons (Fsp3) is 0.444. The largest absolute Gasteiger partial charge is 0.492 e. The van der Waals surface area contributed by atoms with Crippen molar-refractivity contribution < 1.29 is 5.11 Å². The summed E-state index contributed by atoms with van der Waals surface area (Å²) in [5, 5.41) is 15.1. The second-order valence-electron chi connectivity index (χ2n) is 6.38. The number of rotatable bonds is 4. The van der Waals surface area contributed by atoms with Crippen LogP contribution in [0.3, 0.4) is 0 Å². The number of aryl methyl sites for hydroxylation is 2. The molecule has 1 aliphatic heterocycles. The van der Waals surface area contributed by atoms with E-state index in [4.69, 9.17) is 0 Å². The van der Waals surface area contributed by atoms with E-state index < -0.39 is 0 Å². The zero-order valence-electron chi connectivity index (χ0n) is 14.1. The normalized spacial score (nSPS) is 16.9. The summed E-state index contributed by atoms with van der Waals surface area (Å²) in [7, 11) is 0. The molecule has 0 spiro atoms. The Morgan fingerprint density at radius 2 is 1.92 bits per heavy atom. The van der Waals surface area contributed by atoms with Gasteiger partial charge in [-0.05, 0) is 50.4 Å². The Labute approximate surface area is 145 Å². The predicted octanol–water partition coefficient (Wildman–Crippen LogP) is 3.55. The Hall–Kier alpha value is -1.92. The first kappa shape index (κ1) is 15.6. The van der Waals surface area contributed by atoms with Crippen molar-refractivity contribution in [1.82, 2.24) is 19.5 Å². The number of fused-ring (bicyclic) bond motifs is 1. The highest BCUT2D eigenvalue weighted by Gasteiger charge is 2.30. The molecule has 0 saturated carbocycles. The van der Waals surface area contributed by atoms with E-state index in [1.165, 1.54) is 24.0 Å². The molecule has 0 radical (unpaired) electrons. The van der Waals surface area contributed by atoms with E-state index in [1.54, 1.807) is 15.9 Å². The van der Waals surface area contributed by atoms with Crippen molar-refractivity contribution in [3.63, 3.8) is 0 Å². The SMILES string of the molecule is CCc1ccc(C(c2sc3nc(C)nn3c2O)N2CCCC2)cc1. The minimum Gasteiger partial charge on any atom is -0.492 e. The van der Waals surface area contributed by atoms with Gasteiger partial charge in [-0.15, -0.1) is 5.10 Å². The molecule has 24 heavy (non-hydrogen) atoms. The first-order valence-electron chi connectivity index (χ1n) is 8.55. The Kier molecular flexibility index (Phi) is 4.02. The van der Waals surface area contributed by atoms with Crippen molar-refractivity contribution in [2.75, 3.05) is 13.1 Å². The first-order chi connectivity index (χ1) is 11.7. The van der Waals surface area contributed by atoms with Gasteiger partial charge in [0.15, 0.2) is 0 Å². The molecule has 5 nitrogen and oxygen atoms in total. The molecule has 1 saturated heterocycles. The quantitative estimate of drug-likeness (QED) is 0.788. The molecule has 3 aromatic rings. The molecule has 1 aliphatic rings. The molecule has 6 heteroatoms. The van der Waals surface area contributed by atoms with Gasteiger partial charge in [0.05, 0.1) is 10.9 Å². The molecule has 2 aromatic heterocycles. The van der Waals surface area contributed by atoms with Gasteiger partial charge in [-0.3, -0.25) is 4.90 Å². The second kappa shape index (κ2) is 6.18. The summed E-state index contributed by atoms with van der Waals surface area (Å²) in [5.74, 6) is 0.917. The number of nitrogens with zero attached hydrogens (tertiary/aromatic N) is 4. The van der Waals surface area contributed by atoms with Crippen molar-refractivity contribution in [2.24, 2.45) is 0 Å². The minimum atomic E-state index is 0.0761. The van der Waals surface area contributed by atoms with Gasteiger partial charge >= 0.3 is 0 Å². The van der Waals surface area contributed by atoms with Crippen LogP contribution in [0, 0.1) is 6.92 Å². The van der Waals surface area contributed by atoms with Crippen LogP contribution in [0.2, 0.25) is 0 Å². The lowest BCUT2D eigenvalue weighted by atomic mass is 10.0. The third kappa shape index (κ3) is 2.59. The third-order valence-electron chi connectivity index (χ3n) is 4.76. The van der Waals surface area contributed by atoms with E-state index in [1.807, 2.05) is 6.92 Å². The van der Waals surface area contributed by atoms with Gasteiger partial charge in [0, 0.05) is 0 Å². The Morgan fingerprint density at radius 3 is 2.54 bits per heavy atom. The van der Waals surface area contributed by atoms with Gasteiger partial charge in [-0.2, -0.15) is 4.52 Å². The van der Waals surface area contributed by atoms with Crippen LogP contribution < -0.4 is 0 Å². The molecule has 1 fully saturated rings. The lowest BCUT2D eigenvalue weighted by Gasteiger charge is -2.27. The van der Waals surface area contributed by atoms with E-state index >= 15 is 0 Å². The van der Waals surface area contributed by atoms with Crippen molar-refractivity contribution in [2.45, 2.75) is 39.2 Å². The van der Waals surface area contributed by atoms with Crippen LogP contribution in [0.15, 0.2) is 24.3 Å². The maximum absolute atomic E-state index is 10.7. The molecule has 1 atom stereocenters. The summed E-state index contributed by atoms with van der Waals surface area (Å²) in [6.45, 7) is 6.14. The maximum atomic E-state index is 10.7. The summed E-state index contributed by atoms with van der Waals surface area (Å²) >= 11 is 1.54. The van der Waals surface area contributed by atoms with Gasteiger partial charge in [0.25, 0.3) is 0 Å². The van der Waals surface area contributed by atoms with Gasteiger partial charge in [-0.25, -0.2) is 4.98 Å². The van der Waals surface area contributed by atoms with Crippen molar-refractivity contribution >= 4 is 16.3 Å². The fourth-order valence-electron chi connectivity index (χ4n) is 3.49. The molecule has 4 rings (SSSR count). The molecular weight excluding hydrogens is 320 g/mol. The Balaban J connectivity index is 1.81. The topological polar surface area (TPSA) is 53.7 Å². The molecule has 1 N–H and O–H groups in total. The number of thiazole rings is 1. The van der Waals surface area contributed by atoms with Crippen LogP contribution in [0.4, 0.5) is 0 Å². The van der Waals surface area contributed by atoms with Crippen LogP contribution in [0.1, 0.15) is 47.6 Å². The third-order valence-corrected chi connectivity index (χ3v) is 5.84. The highest BCUT2D eigenvalue weighted by Crippen LogP contribution is 2.41. The van der Waals surface area contributed by atoms with E-state index in [0.717, 1.165) is 29.3 Å². The molecular formula is C18H22N4OS. The van der Waals surface area contributed by atoms with Crippen LogP contribution in [0.5, 0.6) is 5.88 Å². The number of aromatic hydroxyl groups is 1. The van der Waals surface area contributed by atoms with E-state index in [0.29, 0.717) is 5.82 Å². The van der Waals surface area contributed by atoms with E-state index in [9.17, 15) is 5.11 Å². The molecule has 1 unspecified atom stereocenters. The summed E-state index contributed by atoms with van der Waals surface area (Å²) in [4.78, 5) is 8.57. The molecule has 1 aromatic carbocycles. The fourth-order valence-corrected chi connectivity index (χ4v) is 4.65. The molecule has 3 heterocycles. The van der Waals surface area contributed by atoms with Gasteiger partial charge in [0.1, 0.15) is 5.82 Å². The smallest absolute Gasteiger partial charge is 0.230 e. The lowest BCUT2D eigenvalue weighted by molar-refractivity contribution is 0.277. The maximum Gasteiger partial charge on any atom is 0.230 e. The summed E-state index contributed by atoms with van der Waals surface area (Å²) < 4.78 is 1.57. The van der Waals surface area contributed by atoms with Crippen molar-refractivity contribution in [3.05, 3.63) is 46.1 Å². The van der Waals surface area contributed by atoms with Gasteiger partial charge < -0.3 is 5.11 Å².